The molecule has 0 aliphatic rings. The number of nitrogens with zero attached hydrogens (tertiary/aromatic N) is 5. The van der Waals surface area contributed by atoms with Crippen molar-refractivity contribution in [1.29, 1.82) is 0 Å². The lowest BCUT2D eigenvalue weighted by molar-refractivity contribution is 0.425. The van der Waals surface area contributed by atoms with Crippen molar-refractivity contribution in [3.63, 3.8) is 0 Å². The van der Waals surface area contributed by atoms with Crippen LogP contribution in [0.2, 0.25) is 0 Å². The van der Waals surface area contributed by atoms with Gasteiger partial charge >= 0.3 is 0 Å². The Morgan fingerprint density at radius 2 is 2.08 bits per heavy atom. The maximum absolute atomic E-state index is 13.0. The number of halogens is 1. The molecule has 1 aromatic carbocycles. The van der Waals surface area contributed by atoms with Gasteiger partial charge in [0, 0.05) is 17.0 Å². The molecule has 0 N–H and O–H groups in total. The molecule has 4 rings (SSSR count). The van der Waals surface area contributed by atoms with Crippen LogP contribution in [0.15, 0.2) is 57.8 Å². The second-order valence-electron chi connectivity index (χ2n) is 5.45. The third kappa shape index (κ3) is 4.00. The number of aryl methyl sites for hydroxylation is 2. The van der Waals surface area contributed by atoms with Crippen LogP contribution in [-0.2, 0) is 18.7 Å². The van der Waals surface area contributed by atoms with Gasteiger partial charge in [0.05, 0.1) is 5.75 Å². The Morgan fingerprint density at radius 1 is 1.19 bits per heavy atom. The van der Waals surface area contributed by atoms with Crippen molar-refractivity contribution in [2.75, 3.05) is 0 Å². The normalized spacial score (nSPS) is 11.1. The standard InChI is InChI=1S/C17H14FN5OS2/c18-13-5-3-12(4-6-13)16-20-15(22-24-16)10-26-17-21-19-11-23(17)8-7-14-2-1-9-25-14/h1-6,9,11H,7-8,10H2. The molecule has 0 atom stereocenters. The van der Waals surface area contributed by atoms with Crippen molar-refractivity contribution in [2.45, 2.75) is 23.9 Å². The van der Waals surface area contributed by atoms with Gasteiger partial charge in [-0.05, 0) is 42.1 Å². The van der Waals surface area contributed by atoms with E-state index in [2.05, 4.69) is 37.9 Å². The van der Waals surface area contributed by atoms with Crippen LogP contribution in [0.3, 0.4) is 0 Å². The van der Waals surface area contributed by atoms with Crippen LogP contribution in [0.4, 0.5) is 4.39 Å². The average Bonchev–Trinajstić information content (AvgIpc) is 3.40. The summed E-state index contributed by atoms with van der Waals surface area (Å²) in [5, 5.41) is 15.0. The van der Waals surface area contributed by atoms with Crippen molar-refractivity contribution in [3.8, 4) is 11.5 Å². The van der Waals surface area contributed by atoms with Crippen LogP contribution in [-0.4, -0.2) is 24.9 Å². The summed E-state index contributed by atoms with van der Waals surface area (Å²) < 4.78 is 20.3. The van der Waals surface area contributed by atoms with Gasteiger partial charge in [-0.1, -0.05) is 23.0 Å². The Kier molecular flexibility index (Phi) is 5.07. The Hall–Kier alpha value is -2.52. The van der Waals surface area contributed by atoms with Crippen LogP contribution < -0.4 is 0 Å². The largest absolute Gasteiger partial charge is 0.334 e. The van der Waals surface area contributed by atoms with E-state index < -0.39 is 0 Å². The zero-order valence-corrected chi connectivity index (χ0v) is 15.2. The third-order valence-corrected chi connectivity index (χ3v) is 5.56. The highest BCUT2D eigenvalue weighted by molar-refractivity contribution is 7.98. The molecule has 0 saturated heterocycles. The molecule has 0 fully saturated rings. The molecule has 0 aliphatic carbocycles. The fraction of sp³-hybridized carbons (Fsp3) is 0.176. The molecule has 0 radical (unpaired) electrons. The number of thiophene rings is 1. The predicted molar refractivity (Wildman–Crippen MR) is 97.3 cm³/mol. The third-order valence-electron chi connectivity index (χ3n) is 3.65. The summed E-state index contributed by atoms with van der Waals surface area (Å²) in [6, 6.07) is 10.1. The Balaban J connectivity index is 1.37. The number of benzene rings is 1. The minimum Gasteiger partial charge on any atom is -0.334 e. The van der Waals surface area contributed by atoms with Crippen LogP contribution in [0.5, 0.6) is 0 Å². The second-order valence-corrected chi connectivity index (χ2v) is 7.42. The maximum atomic E-state index is 13.0. The highest BCUT2D eigenvalue weighted by Gasteiger charge is 2.12. The second kappa shape index (κ2) is 7.79. The minimum absolute atomic E-state index is 0.300. The van der Waals surface area contributed by atoms with E-state index in [0.717, 1.165) is 18.1 Å². The van der Waals surface area contributed by atoms with E-state index in [0.29, 0.717) is 23.0 Å². The number of aromatic nitrogens is 5. The lowest BCUT2D eigenvalue weighted by Gasteiger charge is -2.03. The van der Waals surface area contributed by atoms with Crippen molar-refractivity contribution in [3.05, 3.63) is 64.6 Å². The van der Waals surface area contributed by atoms with Gasteiger partial charge in [0.2, 0.25) is 0 Å². The maximum Gasteiger partial charge on any atom is 0.257 e. The summed E-state index contributed by atoms with van der Waals surface area (Å²) >= 11 is 3.25. The smallest absolute Gasteiger partial charge is 0.257 e. The molecule has 6 nitrogen and oxygen atoms in total. The lowest BCUT2D eigenvalue weighted by atomic mass is 10.2. The topological polar surface area (TPSA) is 69.6 Å². The molecule has 26 heavy (non-hydrogen) atoms. The Morgan fingerprint density at radius 3 is 2.88 bits per heavy atom. The van der Waals surface area contributed by atoms with Crippen molar-refractivity contribution < 1.29 is 8.91 Å². The van der Waals surface area contributed by atoms with E-state index in [4.69, 9.17) is 4.52 Å². The first-order valence-corrected chi connectivity index (χ1v) is 9.76. The molecule has 0 bridgehead atoms. The number of thioether (sulfide) groups is 1. The van der Waals surface area contributed by atoms with Gasteiger partial charge in [0.25, 0.3) is 5.89 Å². The Bertz CT molecular complexity index is 965. The van der Waals surface area contributed by atoms with Crippen molar-refractivity contribution >= 4 is 23.1 Å². The number of hydrogen-bond acceptors (Lipinski definition) is 7. The van der Waals surface area contributed by atoms with Crippen LogP contribution >= 0.6 is 23.1 Å². The molecule has 9 heteroatoms. The summed E-state index contributed by atoms with van der Waals surface area (Å²) in [5.41, 5.74) is 0.689. The van der Waals surface area contributed by atoms with Crippen molar-refractivity contribution in [2.24, 2.45) is 0 Å². The Labute approximate surface area is 157 Å². The SMILES string of the molecule is Fc1ccc(-c2nc(CSc3nncn3CCc3cccs3)no2)cc1. The van der Waals surface area contributed by atoms with E-state index in [-0.39, 0.29) is 5.82 Å². The fourth-order valence-electron chi connectivity index (χ4n) is 2.35. The van der Waals surface area contributed by atoms with E-state index in [1.54, 1.807) is 29.8 Å². The molecule has 132 valence electrons. The first-order chi connectivity index (χ1) is 12.8. The first kappa shape index (κ1) is 16.9. The van der Waals surface area contributed by atoms with Gasteiger partial charge < -0.3 is 9.09 Å². The first-order valence-electron chi connectivity index (χ1n) is 7.89. The van der Waals surface area contributed by atoms with Gasteiger partial charge in [-0.3, -0.25) is 0 Å². The molecule has 0 spiro atoms. The summed E-state index contributed by atoms with van der Waals surface area (Å²) in [4.78, 5) is 5.68. The van der Waals surface area contributed by atoms with E-state index >= 15 is 0 Å². The van der Waals surface area contributed by atoms with Crippen LogP contribution in [0.1, 0.15) is 10.7 Å². The fourth-order valence-corrected chi connectivity index (χ4v) is 3.83. The summed E-state index contributed by atoms with van der Waals surface area (Å²) in [5.74, 6) is 1.15. The summed E-state index contributed by atoms with van der Waals surface area (Å²) in [6.07, 6.45) is 2.68. The van der Waals surface area contributed by atoms with Gasteiger partial charge in [-0.2, -0.15) is 4.98 Å². The highest BCUT2D eigenvalue weighted by Crippen LogP contribution is 2.23. The van der Waals surface area contributed by atoms with E-state index in [1.807, 2.05) is 4.57 Å². The van der Waals surface area contributed by atoms with E-state index in [1.165, 1.54) is 28.8 Å². The van der Waals surface area contributed by atoms with Crippen LogP contribution in [0.25, 0.3) is 11.5 Å². The average molecular weight is 387 g/mol. The summed E-state index contributed by atoms with van der Waals surface area (Å²) in [7, 11) is 0. The quantitative estimate of drug-likeness (QED) is 0.445. The van der Waals surface area contributed by atoms with Crippen LogP contribution in [0, 0.1) is 5.82 Å². The molecule has 4 aromatic rings. The predicted octanol–water partition coefficient (Wildman–Crippen LogP) is 4.06. The van der Waals surface area contributed by atoms with Crippen molar-refractivity contribution in [1.82, 2.24) is 24.9 Å². The molecule has 3 aromatic heterocycles. The highest BCUT2D eigenvalue weighted by atomic mass is 32.2. The molecule has 3 heterocycles. The number of hydrogen-bond donors (Lipinski definition) is 0. The summed E-state index contributed by atoms with van der Waals surface area (Å²) in [6.45, 7) is 0.822. The van der Waals surface area contributed by atoms with Gasteiger partial charge in [-0.15, -0.1) is 21.5 Å². The van der Waals surface area contributed by atoms with Gasteiger partial charge in [-0.25, -0.2) is 4.39 Å². The molecule has 0 amide bonds. The van der Waals surface area contributed by atoms with Gasteiger partial charge in [0.15, 0.2) is 11.0 Å². The molecule has 0 saturated carbocycles. The molecule has 0 unspecified atom stereocenters. The van der Waals surface area contributed by atoms with E-state index in [9.17, 15) is 4.39 Å². The monoisotopic (exact) mass is 387 g/mol. The van der Waals surface area contributed by atoms with Gasteiger partial charge in [0.1, 0.15) is 12.1 Å². The lowest BCUT2D eigenvalue weighted by Crippen LogP contribution is -2.01. The number of rotatable bonds is 7. The molecular formula is C17H14FN5OS2. The molecule has 0 aliphatic heterocycles. The minimum atomic E-state index is -0.300. The zero-order valence-electron chi connectivity index (χ0n) is 13.6. The zero-order chi connectivity index (χ0) is 17.8. The molecular weight excluding hydrogens is 373 g/mol.